The summed E-state index contributed by atoms with van der Waals surface area (Å²) in [4.78, 5) is 34.9. The van der Waals surface area contributed by atoms with Crippen LogP contribution in [-0.4, -0.2) is 71.9 Å². The third-order valence-corrected chi connectivity index (χ3v) is 5.45. The van der Waals surface area contributed by atoms with Gasteiger partial charge < -0.3 is 25.3 Å². The standard InChI is InChI=1S/C22H30N4O5/c1-2-3-10-24-21(23)16-6-4-15(5-7-16)18-13-19(31-25-18)22(29)26-11-8-17(9-12-26)30-14-20(27)28/h4-7,17,19H,2-3,8-14H2,1H3,(H2,23,24)(H,27,28). The number of amidine groups is 1. The first-order chi connectivity index (χ1) is 15.0. The van der Waals surface area contributed by atoms with Crippen LogP contribution in [0.25, 0.3) is 0 Å². The first-order valence-electron chi connectivity index (χ1n) is 10.7. The summed E-state index contributed by atoms with van der Waals surface area (Å²) in [6.07, 6.45) is 2.96. The van der Waals surface area contributed by atoms with Gasteiger partial charge in [-0.05, 0) is 24.8 Å². The van der Waals surface area contributed by atoms with Gasteiger partial charge in [-0.15, -0.1) is 0 Å². The number of carboxylic acid groups (broad SMARTS) is 1. The minimum atomic E-state index is -0.984. The molecule has 9 nitrogen and oxygen atoms in total. The van der Waals surface area contributed by atoms with Crippen molar-refractivity contribution in [1.82, 2.24) is 4.90 Å². The number of carboxylic acids is 1. The lowest BCUT2D eigenvalue weighted by atomic mass is 10.0. The molecule has 1 saturated heterocycles. The van der Waals surface area contributed by atoms with Crippen LogP contribution in [0.15, 0.2) is 34.4 Å². The Morgan fingerprint density at radius 1 is 1.29 bits per heavy atom. The van der Waals surface area contributed by atoms with Crippen LogP contribution < -0.4 is 5.73 Å². The maximum Gasteiger partial charge on any atom is 0.329 e. The van der Waals surface area contributed by atoms with Crippen molar-refractivity contribution in [2.45, 2.75) is 51.2 Å². The highest BCUT2D eigenvalue weighted by Crippen LogP contribution is 2.21. The number of ether oxygens (including phenoxy) is 1. The molecule has 2 aliphatic rings. The highest BCUT2D eigenvalue weighted by molar-refractivity contribution is 6.05. The molecular weight excluding hydrogens is 400 g/mol. The maximum atomic E-state index is 12.8. The molecule has 1 aromatic rings. The molecule has 0 aromatic heterocycles. The van der Waals surface area contributed by atoms with E-state index in [1.54, 1.807) is 4.90 Å². The van der Waals surface area contributed by atoms with Crippen LogP contribution in [-0.2, 0) is 19.2 Å². The molecule has 0 spiro atoms. The second-order valence-corrected chi connectivity index (χ2v) is 7.76. The van der Waals surface area contributed by atoms with Gasteiger partial charge in [0.15, 0.2) is 0 Å². The molecule has 3 rings (SSSR count). The Kier molecular flexibility index (Phi) is 8.00. The molecule has 1 fully saturated rings. The zero-order valence-corrected chi connectivity index (χ0v) is 17.8. The van der Waals surface area contributed by atoms with E-state index in [-0.39, 0.29) is 18.6 Å². The van der Waals surface area contributed by atoms with Crippen molar-refractivity contribution in [3.05, 3.63) is 35.4 Å². The van der Waals surface area contributed by atoms with E-state index in [0.717, 1.165) is 36.2 Å². The predicted octanol–water partition coefficient (Wildman–Crippen LogP) is 1.78. The summed E-state index contributed by atoms with van der Waals surface area (Å²) in [5.74, 6) is -0.560. The summed E-state index contributed by atoms with van der Waals surface area (Å²) in [5, 5.41) is 12.8. The lowest BCUT2D eigenvalue weighted by molar-refractivity contribution is -0.149. The topological polar surface area (TPSA) is 127 Å². The van der Waals surface area contributed by atoms with Crippen molar-refractivity contribution in [3.63, 3.8) is 0 Å². The molecule has 3 N–H and O–H groups in total. The number of aliphatic carboxylic acids is 1. The zero-order chi connectivity index (χ0) is 22.2. The number of benzene rings is 1. The Labute approximate surface area is 181 Å². The monoisotopic (exact) mass is 430 g/mol. The van der Waals surface area contributed by atoms with Crippen molar-refractivity contribution < 1.29 is 24.3 Å². The number of nitrogens with two attached hydrogens (primary N) is 1. The van der Waals surface area contributed by atoms with E-state index in [4.69, 9.17) is 20.4 Å². The molecule has 1 amide bonds. The fourth-order valence-corrected chi connectivity index (χ4v) is 3.60. The van der Waals surface area contributed by atoms with Gasteiger partial charge in [-0.2, -0.15) is 0 Å². The Morgan fingerprint density at radius 2 is 2.00 bits per heavy atom. The van der Waals surface area contributed by atoms with Crippen LogP contribution in [0.1, 0.15) is 50.2 Å². The van der Waals surface area contributed by atoms with Crippen LogP contribution in [0.2, 0.25) is 0 Å². The van der Waals surface area contributed by atoms with E-state index in [9.17, 15) is 9.59 Å². The summed E-state index contributed by atoms with van der Waals surface area (Å²) in [5.41, 5.74) is 8.51. The third-order valence-electron chi connectivity index (χ3n) is 5.45. The summed E-state index contributed by atoms with van der Waals surface area (Å²) in [6.45, 7) is 3.56. The number of hydrogen-bond acceptors (Lipinski definition) is 6. The average molecular weight is 431 g/mol. The lowest BCUT2D eigenvalue weighted by Gasteiger charge is -2.32. The summed E-state index contributed by atoms with van der Waals surface area (Å²) < 4.78 is 5.32. The Balaban J connectivity index is 1.49. The molecule has 2 heterocycles. The van der Waals surface area contributed by atoms with E-state index in [1.807, 2.05) is 24.3 Å². The van der Waals surface area contributed by atoms with Crippen LogP contribution >= 0.6 is 0 Å². The van der Waals surface area contributed by atoms with Gasteiger partial charge in [-0.3, -0.25) is 9.79 Å². The lowest BCUT2D eigenvalue weighted by Crippen LogP contribution is -2.45. The number of aliphatic imine (C=N–C) groups is 1. The predicted molar refractivity (Wildman–Crippen MR) is 116 cm³/mol. The Morgan fingerprint density at radius 3 is 2.65 bits per heavy atom. The van der Waals surface area contributed by atoms with Gasteiger partial charge in [0, 0.05) is 31.6 Å². The SMILES string of the molecule is CCCCN=C(N)c1ccc(C2=NOC(C(=O)N3CCC(OCC(=O)O)CC3)C2)cc1. The van der Waals surface area contributed by atoms with Crippen LogP contribution in [0.5, 0.6) is 0 Å². The highest BCUT2D eigenvalue weighted by atomic mass is 16.6. The number of oxime groups is 1. The number of nitrogens with zero attached hydrogens (tertiary/aromatic N) is 3. The number of unbranched alkanes of at least 4 members (excludes halogenated alkanes) is 1. The molecule has 1 aromatic carbocycles. The molecular formula is C22H30N4O5. The summed E-state index contributed by atoms with van der Waals surface area (Å²) >= 11 is 0. The molecule has 2 aliphatic heterocycles. The molecule has 31 heavy (non-hydrogen) atoms. The number of carbonyl (C=O) groups is 2. The fraction of sp³-hybridized carbons (Fsp3) is 0.545. The average Bonchev–Trinajstić information content (AvgIpc) is 3.28. The van der Waals surface area contributed by atoms with Crippen LogP contribution in [0, 0.1) is 0 Å². The first-order valence-corrected chi connectivity index (χ1v) is 10.7. The minimum absolute atomic E-state index is 0.0978. The van der Waals surface area contributed by atoms with Crippen molar-refractivity contribution >= 4 is 23.4 Å². The number of hydrogen-bond donors (Lipinski definition) is 2. The number of amides is 1. The van der Waals surface area contributed by atoms with Gasteiger partial charge in [0.1, 0.15) is 12.4 Å². The number of likely N-dealkylation sites (tertiary alicyclic amines) is 1. The largest absolute Gasteiger partial charge is 0.480 e. The second kappa shape index (κ2) is 10.9. The van der Waals surface area contributed by atoms with Gasteiger partial charge >= 0.3 is 5.97 Å². The second-order valence-electron chi connectivity index (χ2n) is 7.76. The Hall–Kier alpha value is -2.94. The number of rotatable bonds is 9. The summed E-state index contributed by atoms with van der Waals surface area (Å²) in [6, 6.07) is 7.63. The molecule has 0 bridgehead atoms. The normalized spacial score (nSPS) is 19.8. The van der Waals surface area contributed by atoms with Gasteiger partial charge in [0.2, 0.25) is 6.10 Å². The molecule has 0 radical (unpaired) electrons. The molecule has 168 valence electrons. The Bertz CT molecular complexity index is 829. The van der Waals surface area contributed by atoms with E-state index in [1.165, 1.54) is 0 Å². The van der Waals surface area contributed by atoms with Crippen molar-refractivity contribution in [2.24, 2.45) is 15.9 Å². The highest BCUT2D eigenvalue weighted by Gasteiger charge is 2.34. The van der Waals surface area contributed by atoms with E-state index in [2.05, 4.69) is 17.1 Å². The van der Waals surface area contributed by atoms with Gasteiger partial charge in [0.25, 0.3) is 5.91 Å². The molecule has 1 unspecified atom stereocenters. The van der Waals surface area contributed by atoms with Gasteiger partial charge in [-0.1, -0.05) is 42.8 Å². The molecule has 9 heteroatoms. The third kappa shape index (κ3) is 6.27. The van der Waals surface area contributed by atoms with Gasteiger partial charge in [-0.25, -0.2) is 4.79 Å². The number of piperidine rings is 1. The van der Waals surface area contributed by atoms with Crippen molar-refractivity contribution in [3.8, 4) is 0 Å². The zero-order valence-electron chi connectivity index (χ0n) is 17.8. The quantitative estimate of drug-likeness (QED) is 0.349. The molecule has 0 saturated carbocycles. The van der Waals surface area contributed by atoms with Crippen LogP contribution in [0.4, 0.5) is 0 Å². The van der Waals surface area contributed by atoms with Crippen molar-refractivity contribution in [1.29, 1.82) is 0 Å². The van der Waals surface area contributed by atoms with E-state index < -0.39 is 12.1 Å². The smallest absolute Gasteiger partial charge is 0.329 e. The fourth-order valence-electron chi connectivity index (χ4n) is 3.60. The minimum Gasteiger partial charge on any atom is -0.480 e. The molecule has 1 atom stereocenters. The van der Waals surface area contributed by atoms with Crippen molar-refractivity contribution in [2.75, 3.05) is 26.2 Å². The van der Waals surface area contributed by atoms with E-state index >= 15 is 0 Å². The first kappa shape index (κ1) is 22.7. The maximum absolute atomic E-state index is 12.8. The number of carbonyl (C=O) groups excluding carboxylic acids is 1. The van der Waals surface area contributed by atoms with Crippen LogP contribution in [0.3, 0.4) is 0 Å². The summed E-state index contributed by atoms with van der Waals surface area (Å²) in [7, 11) is 0. The van der Waals surface area contributed by atoms with E-state index in [0.29, 0.717) is 38.2 Å². The van der Waals surface area contributed by atoms with Gasteiger partial charge in [0.05, 0.1) is 11.8 Å². The molecule has 0 aliphatic carbocycles.